The summed E-state index contributed by atoms with van der Waals surface area (Å²) in [7, 11) is 0. The van der Waals surface area contributed by atoms with Crippen molar-refractivity contribution in [1.82, 2.24) is 9.97 Å². The van der Waals surface area contributed by atoms with Crippen LogP contribution < -0.4 is 10.6 Å². The highest BCUT2D eigenvalue weighted by Crippen LogP contribution is 2.36. The van der Waals surface area contributed by atoms with Gasteiger partial charge in [0.05, 0.1) is 0 Å². The van der Waals surface area contributed by atoms with Gasteiger partial charge in [-0.3, -0.25) is 0 Å². The molecule has 0 spiro atoms. The van der Waals surface area contributed by atoms with Crippen molar-refractivity contribution in [3.8, 4) is 0 Å². The van der Waals surface area contributed by atoms with E-state index in [0.717, 1.165) is 36.6 Å². The van der Waals surface area contributed by atoms with E-state index in [9.17, 15) is 13.2 Å². The van der Waals surface area contributed by atoms with Gasteiger partial charge < -0.3 is 10.6 Å². The summed E-state index contributed by atoms with van der Waals surface area (Å²) in [6.07, 6.45) is -1.03. The molecule has 152 valence electrons. The third-order valence-electron chi connectivity index (χ3n) is 4.44. The van der Waals surface area contributed by atoms with Gasteiger partial charge >= 0.3 is 6.18 Å². The van der Waals surface area contributed by atoms with Crippen LogP contribution in [0.2, 0.25) is 0 Å². The first-order valence-corrected chi connectivity index (χ1v) is 9.49. The standard InChI is InChI=1S/C22H23F3N4/c1-3-4-9-16-10-5-6-12-19(16)28-20-18(22(23,24)25)14-26-21(29-20)27-17-11-7-8-15(2)13-17/h5-8,10-14H,3-4,9H2,1-2H3,(H2,26,27,28,29). The Morgan fingerprint density at radius 1 is 1.00 bits per heavy atom. The molecule has 1 heterocycles. The number of benzene rings is 2. The third-order valence-corrected chi connectivity index (χ3v) is 4.44. The number of nitrogens with zero attached hydrogens (tertiary/aromatic N) is 2. The number of hydrogen-bond acceptors (Lipinski definition) is 4. The van der Waals surface area contributed by atoms with Crippen LogP contribution in [0.25, 0.3) is 0 Å². The zero-order valence-corrected chi connectivity index (χ0v) is 16.3. The predicted molar refractivity (Wildman–Crippen MR) is 110 cm³/mol. The van der Waals surface area contributed by atoms with Crippen molar-refractivity contribution < 1.29 is 13.2 Å². The van der Waals surface area contributed by atoms with Gasteiger partial charge in [0.25, 0.3) is 0 Å². The first-order chi connectivity index (χ1) is 13.9. The zero-order valence-electron chi connectivity index (χ0n) is 16.3. The molecule has 0 saturated heterocycles. The van der Waals surface area contributed by atoms with Crippen LogP contribution in [0.5, 0.6) is 0 Å². The predicted octanol–water partition coefficient (Wildman–Crippen LogP) is 6.63. The van der Waals surface area contributed by atoms with Gasteiger partial charge in [0.15, 0.2) is 0 Å². The van der Waals surface area contributed by atoms with Crippen molar-refractivity contribution in [2.75, 3.05) is 10.6 Å². The highest BCUT2D eigenvalue weighted by molar-refractivity contribution is 5.65. The summed E-state index contributed by atoms with van der Waals surface area (Å²) in [6, 6.07) is 14.8. The van der Waals surface area contributed by atoms with Crippen molar-refractivity contribution in [3.63, 3.8) is 0 Å². The second-order valence-electron chi connectivity index (χ2n) is 6.83. The minimum absolute atomic E-state index is 0.0946. The normalized spacial score (nSPS) is 11.3. The summed E-state index contributed by atoms with van der Waals surface area (Å²) < 4.78 is 40.6. The number of nitrogens with one attached hydrogen (secondary N) is 2. The summed E-state index contributed by atoms with van der Waals surface area (Å²) in [5.74, 6) is -0.177. The topological polar surface area (TPSA) is 49.8 Å². The molecule has 0 atom stereocenters. The van der Waals surface area contributed by atoms with Gasteiger partial charge in [-0.1, -0.05) is 43.7 Å². The summed E-state index contributed by atoms with van der Waals surface area (Å²) in [4.78, 5) is 7.99. The van der Waals surface area contributed by atoms with E-state index in [1.165, 1.54) is 0 Å². The van der Waals surface area contributed by atoms with Gasteiger partial charge in [0, 0.05) is 17.6 Å². The smallest absolute Gasteiger partial charge is 0.339 e. The lowest BCUT2D eigenvalue weighted by Crippen LogP contribution is -2.13. The molecule has 0 aliphatic rings. The van der Waals surface area contributed by atoms with Crippen molar-refractivity contribution in [3.05, 3.63) is 71.4 Å². The molecule has 3 aromatic rings. The van der Waals surface area contributed by atoms with E-state index < -0.39 is 11.7 Å². The monoisotopic (exact) mass is 400 g/mol. The van der Waals surface area contributed by atoms with E-state index in [1.54, 1.807) is 18.2 Å². The molecule has 29 heavy (non-hydrogen) atoms. The van der Waals surface area contributed by atoms with Crippen LogP contribution in [0.1, 0.15) is 36.5 Å². The van der Waals surface area contributed by atoms with Crippen LogP contribution in [-0.2, 0) is 12.6 Å². The fraction of sp³-hybridized carbons (Fsp3) is 0.273. The summed E-state index contributed by atoms with van der Waals surface area (Å²) in [5, 5.41) is 5.85. The Bertz CT molecular complexity index is 970. The molecule has 0 saturated carbocycles. The Balaban J connectivity index is 1.95. The van der Waals surface area contributed by atoms with Crippen LogP contribution >= 0.6 is 0 Å². The molecule has 0 aliphatic carbocycles. The van der Waals surface area contributed by atoms with Gasteiger partial charge in [0.1, 0.15) is 11.4 Å². The highest BCUT2D eigenvalue weighted by Gasteiger charge is 2.35. The van der Waals surface area contributed by atoms with Gasteiger partial charge in [-0.25, -0.2) is 4.98 Å². The first kappa shape index (κ1) is 20.6. The molecule has 0 bridgehead atoms. The molecule has 0 aliphatic heterocycles. The highest BCUT2D eigenvalue weighted by atomic mass is 19.4. The number of aromatic nitrogens is 2. The summed E-state index contributed by atoms with van der Waals surface area (Å²) in [5.41, 5.74) is 2.39. The lowest BCUT2D eigenvalue weighted by Gasteiger charge is -2.17. The Morgan fingerprint density at radius 2 is 1.79 bits per heavy atom. The number of rotatable bonds is 7. The summed E-state index contributed by atoms with van der Waals surface area (Å²) in [6.45, 7) is 4.00. The molecule has 3 rings (SSSR count). The molecule has 1 aromatic heterocycles. The zero-order chi connectivity index (χ0) is 20.9. The summed E-state index contributed by atoms with van der Waals surface area (Å²) >= 11 is 0. The van der Waals surface area contributed by atoms with E-state index in [0.29, 0.717) is 11.4 Å². The Labute approximate surface area is 168 Å². The van der Waals surface area contributed by atoms with E-state index in [4.69, 9.17) is 0 Å². The Hall–Kier alpha value is -3.09. The minimum atomic E-state index is -4.57. The van der Waals surface area contributed by atoms with Gasteiger partial charge in [-0.05, 0) is 49.1 Å². The average molecular weight is 400 g/mol. The third kappa shape index (κ3) is 5.47. The molecular weight excluding hydrogens is 377 g/mol. The fourth-order valence-corrected chi connectivity index (χ4v) is 2.95. The number of hydrogen-bond donors (Lipinski definition) is 2. The Kier molecular flexibility index (Phi) is 6.36. The molecule has 4 nitrogen and oxygen atoms in total. The van der Waals surface area contributed by atoms with Crippen LogP contribution in [0.3, 0.4) is 0 Å². The largest absolute Gasteiger partial charge is 0.421 e. The van der Waals surface area contributed by atoms with Crippen LogP contribution in [0.15, 0.2) is 54.7 Å². The maximum absolute atomic E-state index is 13.5. The van der Waals surface area contributed by atoms with E-state index >= 15 is 0 Å². The molecule has 2 N–H and O–H groups in total. The molecule has 2 aromatic carbocycles. The number of para-hydroxylation sites is 1. The molecular formula is C22H23F3N4. The van der Waals surface area contributed by atoms with E-state index in [-0.39, 0.29) is 11.8 Å². The average Bonchev–Trinajstić information content (AvgIpc) is 2.66. The number of unbranched alkanes of at least 4 members (excludes halogenated alkanes) is 1. The molecule has 0 fully saturated rings. The second kappa shape index (κ2) is 8.94. The number of halogens is 3. The van der Waals surface area contributed by atoms with Gasteiger partial charge in [-0.15, -0.1) is 0 Å². The van der Waals surface area contributed by atoms with Gasteiger partial charge in [-0.2, -0.15) is 18.2 Å². The van der Waals surface area contributed by atoms with Gasteiger partial charge in [0.2, 0.25) is 5.95 Å². The van der Waals surface area contributed by atoms with Crippen LogP contribution in [0.4, 0.5) is 36.3 Å². The first-order valence-electron chi connectivity index (χ1n) is 9.49. The molecule has 7 heteroatoms. The SMILES string of the molecule is CCCCc1ccccc1Nc1nc(Nc2cccc(C)c2)ncc1C(F)(F)F. The van der Waals surface area contributed by atoms with E-state index in [2.05, 4.69) is 27.5 Å². The van der Waals surface area contributed by atoms with Crippen molar-refractivity contribution in [2.24, 2.45) is 0 Å². The molecule has 0 unspecified atom stereocenters. The molecule has 0 amide bonds. The number of aryl methyl sites for hydroxylation is 2. The lowest BCUT2D eigenvalue weighted by molar-refractivity contribution is -0.137. The second-order valence-corrected chi connectivity index (χ2v) is 6.83. The number of anilines is 4. The van der Waals surface area contributed by atoms with E-state index in [1.807, 2.05) is 37.3 Å². The fourth-order valence-electron chi connectivity index (χ4n) is 2.95. The quantitative estimate of drug-likeness (QED) is 0.467. The lowest BCUT2D eigenvalue weighted by atomic mass is 10.1. The van der Waals surface area contributed by atoms with Crippen molar-refractivity contribution in [1.29, 1.82) is 0 Å². The molecule has 0 radical (unpaired) electrons. The van der Waals surface area contributed by atoms with Crippen LogP contribution in [0, 0.1) is 6.92 Å². The Morgan fingerprint density at radius 3 is 2.52 bits per heavy atom. The maximum Gasteiger partial charge on any atom is 0.421 e. The number of alkyl halides is 3. The van der Waals surface area contributed by atoms with Crippen molar-refractivity contribution >= 4 is 23.1 Å². The maximum atomic E-state index is 13.5. The van der Waals surface area contributed by atoms with Crippen LogP contribution in [-0.4, -0.2) is 9.97 Å². The minimum Gasteiger partial charge on any atom is -0.339 e. The van der Waals surface area contributed by atoms with Crippen molar-refractivity contribution in [2.45, 2.75) is 39.3 Å².